The van der Waals surface area contributed by atoms with E-state index in [-0.39, 0.29) is 17.4 Å². The highest BCUT2D eigenvalue weighted by molar-refractivity contribution is 5.92. The molecule has 0 radical (unpaired) electrons. The van der Waals surface area contributed by atoms with Gasteiger partial charge in [-0.15, -0.1) is 0 Å². The Balaban J connectivity index is 1.52. The maximum absolute atomic E-state index is 12.9. The number of carbonyl (C=O) groups is 1. The molecule has 1 N–H and O–H groups in total. The van der Waals surface area contributed by atoms with Crippen LogP contribution in [0.15, 0.2) is 16.9 Å². The highest BCUT2D eigenvalue weighted by atomic mass is 16.5. The fourth-order valence-corrected chi connectivity index (χ4v) is 4.58. The molecule has 0 atom stereocenters. The van der Waals surface area contributed by atoms with Crippen LogP contribution in [-0.4, -0.2) is 57.0 Å². The molecule has 2 aromatic rings. The summed E-state index contributed by atoms with van der Waals surface area (Å²) in [4.78, 5) is 25.4. The Morgan fingerprint density at radius 3 is 2.78 bits per heavy atom. The third-order valence-corrected chi connectivity index (χ3v) is 6.08. The number of nitrogens with zero attached hydrogens (tertiary/aromatic N) is 4. The molecule has 2 aromatic heterocycles. The normalized spacial score (nSPS) is 19.6. The maximum Gasteiger partial charge on any atom is 0.276 e. The van der Waals surface area contributed by atoms with Crippen molar-refractivity contribution in [3.63, 3.8) is 0 Å². The SMILES string of the molecule is CCCN1CCc2[nH]cnc2C12CCN(C(=O)c1cc(C(C)C)on1)CC2. The minimum absolute atomic E-state index is 0.0272. The summed E-state index contributed by atoms with van der Waals surface area (Å²) < 4.78 is 5.31. The van der Waals surface area contributed by atoms with Gasteiger partial charge < -0.3 is 14.4 Å². The number of aromatic nitrogens is 3. The number of hydrogen-bond donors (Lipinski definition) is 1. The zero-order valence-electron chi connectivity index (χ0n) is 16.5. The molecule has 1 saturated heterocycles. The summed E-state index contributed by atoms with van der Waals surface area (Å²) in [5, 5.41) is 3.99. The van der Waals surface area contributed by atoms with Gasteiger partial charge in [0.2, 0.25) is 0 Å². The van der Waals surface area contributed by atoms with Crippen LogP contribution >= 0.6 is 0 Å². The van der Waals surface area contributed by atoms with Gasteiger partial charge in [-0.25, -0.2) is 4.98 Å². The van der Waals surface area contributed by atoms with Crippen LogP contribution in [0.1, 0.15) is 73.6 Å². The molecule has 7 heteroatoms. The lowest BCUT2D eigenvalue weighted by Crippen LogP contribution is -2.57. The lowest BCUT2D eigenvalue weighted by atomic mass is 9.78. The molecule has 146 valence electrons. The largest absolute Gasteiger partial charge is 0.360 e. The van der Waals surface area contributed by atoms with Crippen molar-refractivity contribution in [2.45, 2.75) is 57.9 Å². The van der Waals surface area contributed by atoms with E-state index in [0.29, 0.717) is 5.69 Å². The van der Waals surface area contributed by atoms with Gasteiger partial charge in [-0.3, -0.25) is 9.69 Å². The summed E-state index contributed by atoms with van der Waals surface area (Å²) in [6, 6.07) is 1.78. The molecule has 0 aromatic carbocycles. The lowest BCUT2D eigenvalue weighted by Gasteiger charge is -2.50. The van der Waals surface area contributed by atoms with Crippen LogP contribution in [0.2, 0.25) is 0 Å². The molecular formula is C20H29N5O2. The van der Waals surface area contributed by atoms with E-state index in [0.717, 1.165) is 57.6 Å². The lowest BCUT2D eigenvalue weighted by molar-refractivity contribution is 0.00678. The van der Waals surface area contributed by atoms with E-state index in [1.165, 1.54) is 11.4 Å². The molecule has 1 fully saturated rings. The summed E-state index contributed by atoms with van der Waals surface area (Å²) >= 11 is 0. The smallest absolute Gasteiger partial charge is 0.276 e. The second-order valence-electron chi connectivity index (χ2n) is 8.06. The van der Waals surface area contributed by atoms with Crippen molar-refractivity contribution in [2.24, 2.45) is 0 Å². The first-order chi connectivity index (χ1) is 13.0. The summed E-state index contributed by atoms with van der Waals surface area (Å²) in [7, 11) is 0. The van der Waals surface area contributed by atoms with Gasteiger partial charge >= 0.3 is 0 Å². The van der Waals surface area contributed by atoms with Crippen LogP contribution in [0.5, 0.6) is 0 Å². The van der Waals surface area contributed by atoms with Crippen LogP contribution in [0.4, 0.5) is 0 Å². The molecular weight excluding hydrogens is 342 g/mol. The second-order valence-corrected chi connectivity index (χ2v) is 8.06. The molecule has 7 nitrogen and oxygen atoms in total. The standard InChI is InChI=1S/C20H29N5O2/c1-4-8-25-9-5-15-18(22-13-21-15)20(25)6-10-24(11-7-20)19(26)16-12-17(14(2)3)27-23-16/h12-14H,4-11H2,1-3H3,(H,21,22). The maximum atomic E-state index is 12.9. The molecule has 1 spiro atoms. The van der Waals surface area contributed by atoms with E-state index >= 15 is 0 Å². The topological polar surface area (TPSA) is 78.3 Å². The predicted molar refractivity (Wildman–Crippen MR) is 102 cm³/mol. The highest BCUT2D eigenvalue weighted by Gasteiger charge is 2.47. The number of H-pyrrole nitrogens is 1. The quantitative estimate of drug-likeness (QED) is 0.894. The van der Waals surface area contributed by atoms with E-state index in [9.17, 15) is 4.79 Å². The number of nitrogens with one attached hydrogen (secondary N) is 1. The minimum Gasteiger partial charge on any atom is -0.360 e. The predicted octanol–water partition coefficient (Wildman–Crippen LogP) is 2.92. The number of imidazole rings is 1. The van der Waals surface area contributed by atoms with Crippen molar-refractivity contribution in [3.05, 3.63) is 35.2 Å². The van der Waals surface area contributed by atoms with Gasteiger partial charge in [0.05, 0.1) is 17.6 Å². The second kappa shape index (κ2) is 7.11. The molecule has 0 saturated carbocycles. The Hall–Kier alpha value is -2.15. The molecule has 0 unspecified atom stereocenters. The zero-order chi connectivity index (χ0) is 19.0. The molecule has 4 rings (SSSR count). The fourth-order valence-electron chi connectivity index (χ4n) is 4.58. The number of carbonyl (C=O) groups excluding carboxylic acids is 1. The minimum atomic E-state index is -0.0483. The number of piperidine rings is 1. The van der Waals surface area contributed by atoms with Gasteiger partial charge in [-0.05, 0) is 25.8 Å². The average Bonchev–Trinajstić information content (AvgIpc) is 3.34. The van der Waals surface area contributed by atoms with Crippen molar-refractivity contribution < 1.29 is 9.32 Å². The van der Waals surface area contributed by atoms with E-state index < -0.39 is 0 Å². The first-order valence-corrected chi connectivity index (χ1v) is 10.1. The van der Waals surface area contributed by atoms with Crippen LogP contribution in [0.3, 0.4) is 0 Å². The summed E-state index contributed by atoms with van der Waals surface area (Å²) in [6.45, 7) is 9.85. The molecule has 27 heavy (non-hydrogen) atoms. The number of amides is 1. The van der Waals surface area contributed by atoms with Crippen molar-refractivity contribution >= 4 is 5.91 Å². The van der Waals surface area contributed by atoms with Crippen LogP contribution < -0.4 is 0 Å². The monoisotopic (exact) mass is 371 g/mol. The van der Waals surface area contributed by atoms with E-state index in [4.69, 9.17) is 4.52 Å². The number of rotatable bonds is 4. The number of likely N-dealkylation sites (tertiary alicyclic amines) is 1. The number of hydrogen-bond acceptors (Lipinski definition) is 5. The molecule has 4 heterocycles. The molecule has 0 aliphatic carbocycles. The van der Waals surface area contributed by atoms with Crippen molar-refractivity contribution in [2.75, 3.05) is 26.2 Å². The van der Waals surface area contributed by atoms with Crippen molar-refractivity contribution in [3.8, 4) is 0 Å². The molecule has 1 amide bonds. The van der Waals surface area contributed by atoms with Gasteiger partial charge in [-0.1, -0.05) is 25.9 Å². The van der Waals surface area contributed by atoms with E-state index in [1.807, 2.05) is 25.1 Å². The molecule has 2 aliphatic heterocycles. The third kappa shape index (κ3) is 3.08. The van der Waals surface area contributed by atoms with Crippen LogP contribution in [-0.2, 0) is 12.0 Å². The molecule has 2 aliphatic rings. The Morgan fingerprint density at radius 2 is 2.11 bits per heavy atom. The van der Waals surface area contributed by atoms with Gasteiger partial charge in [0, 0.05) is 43.7 Å². The zero-order valence-corrected chi connectivity index (χ0v) is 16.5. The van der Waals surface area contributed by atoms with Gasteiger partial charge in [0.25, 0.3) is 5.91 Å². The third-order valence-electron chi connectivity index (χ3n) is 6.08. The van der Waals surface area contributed by atoms with E-state index in [1.54, 1.807) is 6.07 Å². The van der Waals surface area contributed by atoms with Gasteiger partial charge in [-0.2, -0.15) is 0 Å². The van der Waals surface area contributed by atoms with Gasteiger partial charge in [0.1, 0.15) is 5.76 Å². The Bertz CT molecular complexity index is 801. The van der Waals surface area contributed by atoms with Crippen LogP contribution in [0.25, 0.3) is 0 Å². The summed E-state index contributed by atoms with van der Waals surface area (Å²) in [5.41, 5.74) is 2.83. The Labute approximate surface area is 160 Å². The summed E-state index contributed by atoms with van der Waals surface area (Å²) in [5.74, 6) is 0.960. The van der Waals surface area contributed by atoms with Crippen molar-refractivity contribution in [1.82, 2.24) is 24.9 Å². The Morgan fingerprint density at radius 1 is 1.33 bits per heavy atom. The fraction of sp³-hybridized carbons (Fsp3) is 0.650. The first kappa shape index (κ1) is 18.2. The van der Waals surface area contributed by atoms with Crippen LogP contribution in [0, 0.1) is 0 Å². The first-order valence-electron chi connectivity index (χ1n) is 10.1. The number of fused-ring (bicyclic) bond motifs is 2. The average molecular weight is 371 g/mol. The highest BCUT2D eigenvalue weighted by Crippen LogP contribution is 2.42. The molecule has 0 bridgehead atoms. The van der Waals surface area contributed by atoms with Crippen molar-refractivity contribution in [1.29, 1.82) is 0 Å². The van der Waals surface area contributed by atoms with E-state index in [2.05, 4.69) is 26.9 Å². The van der Waals surface area contributed by atoms with Gasteiger partial charge in [0.15, 0.2) is 5.69 Å². The number of aromatic amines is 1. The Kier molecular flexibility index (Phi) is 4.80. The summed E-state index contributed by atoms with van der Waals surface area (Å²) in [6.07, 6.45) is 5.79.